The lowest BCUT2D eigenvalue weighted by atomic mass is 10.1. The maximum absolute atomic E-state index is 13.0. The van der Waals surface area contributed by atoms with Crippen LogP contribution in [0.2, 0.25) is 0 Å². The molecule has 0 aliphatic heterocycles. The van der Waals surface area contributed by atoms with Crippen molar-refractivity contribution >= 4 is 23.6 Å². The van der Waals surface area contributed by atoms with Gasteiger partial charge in [0, 0.05) is 18.0 Å². The number of hydrogen-bond acceptors (Lipinski definition) is 3. The van der Waals surface area contributed by atoms with Crippen LogP contribution in [0, 0.1) is 6.92 Å². The van der Waals surface area contributed by atoms with Gasteiger partial charge >= 0.3 is 0 Å². The van der Waals surface area contributed by atoms with Gasteiger partial charge in [0.2, 0.25) is 11.8 Å². The van der Waals surface area contributed by atoms with Crippen molar-refractivity contribution < 1.29 is 9.59 Å². The van der Waals surface area contributed by atoms with Crippen LogP contribution in [0.5, 0.6) is 0 Å². The first-order valence-corrected chi connectivity index (χ1v) is 10.8. The highest BCUT2D eigenvalue weighted by Gasteiger charge is 2.26. The van der Waals surface area contributed by atoms with Crippen molar-refractivity contribution in [1.82, 2.24) is 10.2 Å². The third kappa shape index (κ3) is 7.04. The Morgan fingerprint density at radius 3 is 2.54 bits per heavy atom. The molecular formula is C23H30N2O2S. The normalized spacial score (nSPS) is 11.7. The number of benzene rings is 2. The summed E-state index contributed by atoms with van der Waals surface area (Å²) in [5, 5.41) is 2.95. The maximum atomic E-state index is 13.0. The fraction of sp³-hybridized carbons (Fsp3) is 0.391. The average molecular weight is 399 g/mol. The standard InChI is InChI=1S/C23H30N2O2S/c1-4-5-14-24-23(27)19(3)25(16-20-11-9-10-18(2)15-20)22(26)17-28-21-12-7-6-8-13-21/h6-13,15,19H,4-5,14,16-17H2,1-3H3,(H,24,27)/t19-/m1/s1. The highest BCUT2D eigenvalue weighted by atomic mass is 32.2. The van der Waals surface area contributed by atoms with Crippen molar-refractivity contribution in [2.75, 3.05) is 12.3 Å². The Morgan fingerprint density at radius 1 is 1.11 bits per heavy atom. The molecule has 0 unspecified atom stereocenters. The van der Waals surface area contributed by atoms with Crippen LogP contribution in [0.1, 0.15) is 37.8 Å². The molecule has 0 heterocycles. The Morgan fingerprint density at radius 2 is 1.86 bits per heavy atom. The average Bonchev–Trinajstić information content (AvgIpc) is 2.70. The molecule has 0 bridgehead atoms. The summed E-state index contributed by atoms with van der Waals surface area (Å²) in [6, 6.07) is 17.4. The van der Waals surface area contributed by atoms with Gasteiger partial charge in [0.15, 0.2) is 0 Å². The predicted octanol–water partition coefficient (Wildman–Crippen LogP) is 4.42. The molecule has 0 saturated heterocycles. The lowest BCUT2D eigenvalue weighted by Crippen LogP contribution is -2.48. The molecule has 1 N–H and O–H groups in total. The van der Waals surface area contributed by atoms with Crippen LogP contribution < -0.4 is 5.32 Å². The quantitative estimate of drug-likeness (QED) is 0.476. The summed E-state index contributed by atoms with van der Waals surface area (Å²) in [5.74, 6) is 0.176. The highest BCUT2D eigenvalue weighted by Crippen LogP contribution is 2.19. The van der Waals surface area contributed by atoms with E-state index in [0.717, 1.165) is 28.9 Å². The number of rotatable bonds is 10. The summed E-state index contributed by atoms with van der Waals surface area (Å²) >= 11 is 1.50. The van der Waals surface area contributed by atoms with Gasteiger partial charge in [-0.2, -0.15) is 0 Å². The fourth-order valence-corrected chi connectivity index (χ4v) is 3.68. The Balaban J connectivity index is 2.09. The molecule has 2 aromatic rings. The monoisotopic (exact) mass is 398 g/mol. The summed E-state index contributed by atoms with van der Waals surface area (Å²) in [4.78, 5) is 28.3. The molecule has 0 spiro atoms. The molecular weight excluding hydrogens is 368 g/mol. The van der Waals surface area contributed by atoms with E-state index in [1.165, 1.54) is 11.8 Å². The lowest BCUT2D eigenvalue weighted by Gasteiger charge is -2.29. The molecule has 1 atom stereocenters. The second-order valence-corrected chi connectivity index (χ2v) is 7.98. The van der Waals surface area contributed by atoms with E-state index in [2.05, 4.69) is 18.3 Å². The summed E-state index contributed by atoms with van der Waals surface area (Å²) in [6.45, 7) is 7.00. The summed E-state index contributed by atoms with van der Waals surface area (Å²) < 4.78 is 0. The molecule has 2 aromatic carbocycles. The van der Waals surface area contributed by atoms with Crippen molar-refractivity contribution in [3.63, 3.8) is 0 Å². The first-order valence-electron chi connectivity index (χ1n) is 9.81. The Kier molecular flexibility index (Phi) is 9.08. The Labute approximate surface area is 172 Å². The number of carbonyl (C=O) groups is 2. The number of aryl methyl sites for hydroxylation is 1. The summed E-state index contributed by atoms with van der Waals surface area (Å²) in [7, 11) is 0. The number of carbonyl (C=O) groups excluding carboxylic acids is 2. The van der Waals surface area contributed by atoms with Gasteiger partial charge < -0.3 is 10.2 Å². The topological polar surface area (TPSA) is 49.4 Å². The predicted molar refractivity (Wildman–Crippen MR) is 116 cm³/mol. The van der Waals surface area contributed by atoms with Gasteiger partial charge in [-0.1, -0.05) is 61.4 Å². The van der Waals surface area contributed by atoms with Crippen LogP contribution >= 0.6 is 11.8 Å². The molecule has 0 saturated carbocycles. The number of thioether (sulfide) groups is 1. The highest BCUT2D eigenvalue weighted by molar-refractivity contribution is 8.00. The number of hydrogen-bond donors (Lipinski definition) is 1. The van der Waals surface area contributed by atoms with E-state index >= 15 is 0 Å². The maximum Gasteiger partial charge on any atom is 0.242 e. The minimum absolute atomic E-state index is 0.0338. The van der Waals surface area contributed by atoms with E-state index in [1.807, 2.05) is 62.4 Å². The second-order valence-electron chi connectivity index (χ2n) is 6.93. The molecule has 5 heteroatoms. The third-order valence-electron chi connectivity index (χ3n) is 4.54. The number of amides is 2. The molecule has 0 radical (unpaired) electrons. The van der Waals surface area contributed by atoms with Gasteiger partial charge in [0.05, 0.1) is 5.75 Å². The zero-order valence-corrected chi connectivity index (χ0v) is 17.8. The lowest BCUT2D eigenvalue weighted by molar-refractivity contribution is -0.138. The molecule has 28 heavy (non-hydrogen) atoms. The van der Waals surface area contributed by atoms with Crippen LogP contribution in [0.25, 0.3) is 0 Å². The van der Waals surface area contributed by atoms with E-state index in [9.17, 15) is 9.59 Å². The van der Waals surface area contributed by atoms with E-state index < -0.39 is 6.04 Å². The minimum Gasteiger partial charge on any atom is -0.354 e. The van der Waals surface area contributed by atoms with Gasteiger partial charge in [-0.05, 0) is 38.0 Å². The largest absolute Gasteiger partial charge is 0.354 e. The number of nitrogens with one attached hydrogen (secondary N) is 1. The van der Waals surface area contributed by atoms with Gasteiger partial charge in [-0.15, -0.1) is 11.8 Å². The van der Waals surface area contributed by atoms with Crippen molar-refractivity contribution in [2.45, 2.75) is 51.1 Å². The first kappa shape index (κ1) is 22.0. The van der Waals surface area contributed by atoms with Gasteiger partial charge in [-0.3, -0.25) is 9.59 Å². The third-order valence-corrected chi connectivity index (χ3v) is 5.53. The molecule has 4 nitrogen and oxygen atoms in total. The van der Waals surface area contributed by atoms with Crippen molar-refractivity contribution in [1.29, 1.82) is 0 Å². The Hall–Kier alpha value is -2.27. The van der Waals surface area contributed by atoms with Gasteiger partial charge in [0.25, 0.3) is 0 Å². The number of unbranched alkanes of at least 4 members (excludes halogenated alkanes) is 1. The molecule has 0 aromatic heterocycles. The Bertz CT molecular complexity index is 764. The van der Waals surface area contributed by atoms with E-state index in [-0.39, 0.29) is 11.8 Å². The molecule has 0 fully saturated rings. The summed E-state index contributed by atoms with van der Waals surface area (Å²) in [5.41, 5.74) is 2.18. The SMILES string of the molecule is CCCCNC(=O)[C@@H](C)N(Cc1cccc(C)c1)C(=O)CSc1ccccc1. The van der Waals surface area contributed by atoms with Gasteiger partial charge in [-0.25, -0.2) is 0 Å². The molecule has 2 rings (SSSR count). The zero-order valence-electron chi connectivity index (χ0n) is 17.0. The zero-order chi connectivity index (χ0) is 20.4. The van der Waals surface area contributed by atoms with Crippen molar-refractivity contribution in [3.8, 4) is 0 Å². The summed E-state index contributed by atoms with van der Waals surface area (Å²) in [6.07, 6.45) is 1.96. The van der Waals surface area contributed by atoms with Crippen LogP contribution in [-0.4, -0.2) is 35.1 Å². The van der Waals surface area contributed by atoms with E-state index in [0.29, 0.717) is 18.8 Å². The van der Waals surface area contributed by atoms with Crippen molar-refractivity contribution in [2.24, 2.45) is 0 Å². The molecule has 0 aliphatic carbocycles. The number of nitrogens with zero attached hydrogens (tertiary/aromatic N) is 1. The molecule has 150 valence electrons. The minimum atomic E-state index is -0.513. The first-order chi connectivity index (χ1) is 13.5. The molecule has 2 amide bonds. The van der Waals surface area contributed by atoms with Crippen LogP contribution in [0.3, 0.4) is 0 Å². The molecule has 0 aliphatic rings. The van der Waals surface area contributed by atoms with Crippen LogP contribution in [0.15, 0.2) is 59.5 Å². The van der Waals surface area contributed by atoms with Crippen LogP contribution in [-0.2, 0) is 16.1 Å². The van der Waals surface area contributed by atoms with Crippen LogP contribution in [0.4, 0.5) is 0 Å². The van der Waals surface area contributed by atoms with E-state index in [4.69, 9.17) is 0 Å². The van der Waals surface area contributed by atoms with E-state index in [1.54, 1.807) is 4.90 Å². The fourth-order valence-electron chi connectivity index (χ4n) is 2.87. The second kappa shape index (κ2) is 11.5. The van der Waals surface area contributed by atoms with Crippen molar-refractivity contribution in [3.05, 3.63) is 65.7 Å². The smallest absolute Gasteiger partial charge is 0.242 e. The van der Waals surface area contributed by atoms with Gasteiger partial charge in [0.1, 0.15) is 6.04 Å².